The zero-order chi connectivity index (χ0) is 21.8. The minimum atomic E-state index is 0.695. The Kier molecular flexibility index (Phi) is 6.48. The summed E-state index contributed by atoms with van der Waals surface area (Å²) in [7, 11) is 5.84. The number of methoxy groups -OCH3 is 1. The molecule has 31 heavy (non-hydrogen) atoms. The summed E-state index contributed by atoms with van der Waals surface area (Å²) in [5.41, 5.74) is 3.73. The molecular formula is C23H30N6O2. The molecule has 0 N–H and O–H groups in total. The van der Waals surface area contributed by atoms with Crippen molar-refractivity contribution in [1.29, 1.82) is 0 Å². The van der Waals surface area contributed by atoms with Gasteiger partial charge in [-0.25, -0.2) is 15.0 Å². The van der Waals surface area contributed by atoms with Gasteiger partial charge < -0.3 is 23.8 Å². The summed E-state index contributed by atoms with van der Waals surface area (Å²) in [4.78, 5) is 18.5. The fourth-order valence-corrected chi connectivity index (χ4v) is 3.70. The molecule has 3 aromatic rings. The van der Waals surface area contributed by atoms with Gasteiger partial charge in [-0.2, -0.15) is 0 Å². The molecule has 1 aromatic carbocycles. The quantitative estimate of drug-likeness (QED) is 0.580. The Morgan fingerprint density at radius 1 is 1.13 bits per heavy atom. The summed E-state index contributed by atoms with van der Waals surface area (Å²) < 4.78 is 13.3. The van der Waals surface area contributed by atoms with E-state index < -0.39 is 0 Å². The van der Waals surface area contributed by atoms with E-state index in [9.17, 15) is 0 Å². The predicted octanol–water partition coefficient (Wildman–Crippen LogP) is 2.72. The lowest BCUT2D eigenvalue weighted by Crippen LogP contribution is -2.37. The number of ether oxygens (including phenoxy) is 2. The van der Waals surface area contributed by atoms with Crippen LogP contribution in [0.5, 0.6) is 5.75 Å². The second kappa shape index (κ2) is 9.45. The maximum atomic E-state index is 5.68. The topological polar surface area (TPSA) is 68.5 Å². The number of aromatic nitrogens is 4. The Balaban J connectivity index is 1.72. The molecule has 3 heterocycles. The molecule has 4 rings (SSSR count). The van der Waals surface area contributed by atoms with E-state index in [2.05, 4.69) is 44.5 Å². The van der Waals surface area contributed by atoms with Crippen molar-refractivity contribution in [2.24, 2.45) is 0 Å². The van der Waals surface area contributed by atoms with Gasteiger partial charge in [0.05, 0.1) is 26.0 Å². The van der Waals surface area contributed by atoms with E-state index >= 15 is 0 Å². The van der Waals surface area contributed by atoms with Crippen molar-refractivity contribution in [2.75, 3.05) is 59.0 Å². The molecule has 0 atom stereocenters. The van der Waals surface area contributed by atoms with E-state index in [1.54, 1.807) is 7.11 Å². The van der Waals surface area contributed by atoms with Crippen LogP contribution in [-0.2, 0) is 11.3 Å². The molecule has 1 saturated heterocycles. The van der Waals surface area contributed by atoms with Crippen LogP contribution in [0.1, 0.15) is 5.69 Å². The highest BCUT2D eigenvalue weighted by Gasteiger charge is 2.18. The highest BCUT2D eigenvalue weighted by molar-refractivity contribution is 5.74. The molecule has 1 aliphatic heterocycles. The molecule has 0 radical (unpaired) electrons. The van der Waals surface area contributed by atoms with Crippen molar-refractivity contribution in [3.05, 3.63) is 42.4 Å². The summed E-state index contributed by atoms with van der Waals surface area (Å²) >= 11 is 0. The fraction of sp³-hybridized carbons (Fsp3) is 0.435. The average Bonchev–Trinajstić information content (AvgIpc) is 3.26. The Bertz CT molecular complexity index is 1030. The van der Waals surface area contributed by atoms with Crippen LogP contribution >= 0.6 is 0 Å². The lowest BCUT2D eigenvalue weighted by atomic mass is 10.1. The van der Waals surface area contributed by atoms with Gasteiger partial charge in [0.2, 0.25) is 5.95 Å². The van der Waals surface area contributed by atoms with Gasteiger partial charge >= 0.3 is 0 Å². The Labute approximate surface area is 183 Å². The molecule has 0 spiro atoms. The second-order valence-electron chi connectivity index (χ2n) is 7.96. The number of likely N-dealkylation sites (N-methyl/N-ethyl adjacent to an activating group) is 1. The van der Waals surface area contributed by atoms with Crippen LogP contribution in [0, 0.1) is 6.92 Å². The number of morpholine rings is 1. The molecule has 0 amide bonds. The van der Waals surface area contributed by atoms with Crippen LogP contribution in [-0.4, -0.2) is 78.5 Å². The van der Waals surface area contributed by atoms with Crippen molar-refractivity contribution >= 4 is 5.95 Å². The summed E-state index contributed by atoms with van der Waals surface area (Å²) in [6.45, 7) is 6.80. The van der Waals surface area contributed by atoms with E-state index in [4.69, 9.17) is 14.5 Å². The largest absolute Gasteiger partial charge is 0.496 e. The third kappa shape index (κ3) is 4.86. The molecule has 0 saturated carbocycles. The van der Waals surface area contributed by atoms with Crippen LogP contribution in [0.4, 0.5) is 5.95 Å². The van der Waals surface area contributed by atoms with Crippen LogP contribution in [0.25, 0.3) is 22.6 Å². The maximum absolute atomic E-state index is 5.68. The standard InChI is InChI=1S/C23H30N6O2/c1-17-15-20(26-23(25-17)29-11-13-31-14-12-29)19-16-18(5-6-21(19)30-4)22-24-7-8-28(22)10-9-27(2)3/h5-8,15-16H,9-14H2,1-4H3. The van der Waals surface area contributed by atoms with Gasteiger partial charge in [-0.15, -0.1) is 0 Å². The van der Waals surface area contributed by atoms with E-state index in [0.29, 0.717) is 13.2 Å². The zero-order valence-electron chi connectivity index (χ0n) is 18.7. The monoisotopic (exact) mass is 422 g/mol. The van der Waals surface area contributed by atoms with E-state index in [-0.39, 0.29) is 0 Å². The molecular weight excluding hydrogens is 392 g/mol. The smallest absolute Gasteiger partial charge is 0.226 e. The molecule has 0 unspecified atom stereocenters. The van der Waals surface area contributed by atoms with Crippen molar-refractivity contribution in [3.8, 4) is 28.4 Å². The molecule has 0 bridgehead atoms. The molecule has 164 valence electrons. The first-order chi connectivity index (χ1) is 15.0. The van der Waals surface area contributed by atoms with Crippen LogP contribution in [0.2, 0.25) is 0 Å². The summed E-state index contributed by atoms with van der Waals surface area (Å²) in [6, 6.07) is 8.15. The van der Waals surface area contributed by atoms with Crippen LogP contribution < -0.4 is 9.64 Å². The van der Waals surface area contributed by atoms with Gasteiger partial charge in [-0.3, -0.25) is 0 Å². The first-order valence-electron chi connectivity index (χ1n) is 10.6. The van der Waals surface area contributed by atoms with Crippen molar-refractivity contribution in [3.63, 3.8) is 0 Å². The summed E-state index contributed by atoms with van der Waals surface area (Å²) in [6.07, 6.45) is 3.87. The Morgan fingerprint density at radius 2 is 1.94 bits per heavy atom. The molecule has 0 aliphatic carbocycles. The van der Waals surface area contributed by atoms with Crippen molar-refractivity contribution in [2.45, 2.75) is 13.5 Å². The molecule has 8 heteroatoms. The van der Waals surface area contributed by atoms with Gasteiger partial charge in [-0.1, -0.05) is 0 Å². The van der Waals surface area contributed by atoms with E-state index in [1.165, 1.54) is 0 Å². The van der Waals surface area contributed by atoms with Gasteiger partial charge in [0.25, 0.3) is 0 Å². The van der Waals surface area contributed by atoms with Gasteiger partial charge in [0.15, 0.2) is 0 Å². The lowest BCUT2D eigenvalue weighted by Gasteiger charge is -2.27. The highest BCUT2D eigenvalue weighted by atomic mass is 16.5. The number of imidazole rings is 1. The lowest BCUT2D eigenvalue weighted by molar-refractivity contribution is 0.122. The minimum absolute atomic E-state index is 0.695. The number of hydrogen-bond acceptors (Lipinski definition) is 7. The third-order valence-electron chi connectivity index (χ3n) is 5.37. The number of rotatable bonds is 7. The van der Waals surface area contributed by atoms with Gasteiger partial charge in [-0.05, 0) is 45.3 Å². The SMILES string of the molecule is COc1ccc(-c2nccn2CCN(C)C)cc1-c1cc(C)nc(N2CCOCC2)n1. The van der Waals surface area contributed by atoms with E-state index in [1.807, 2.05) is 37.5 Å². The maximum Gasteiger partial charge on any atom is 0.226 e. The molecule has 1 fully saturated rings. The van der Waals surface area contributed by atoms with Crippen molar-refractivity contribution < 1.29 is 9.47 Å². The van der Waals surface area contributed by atoms with E-state index in [0.717, 1.165) is 66.2 Å². The molecule has 2 aromatic heterocycles. The van der Waals surface area contributed by atoms with Crippen molar-refractivity contribution in [1.82, 2.24) is 24.4 Å². The normalized spacial score (nSPS) is 14.3. The average molecular weight is 423 g/mol. The number of benzene rings is 1. The molecule has 8 nitrogen and oxygen atoms in total. The highest BCUT2D eigenvalue weighted by Crippen LogP contribution is 2.34. The zero-order valence-corrected chi connectivity index (χ0v) is 18.7. The Morgan fingerprint density at radius 3 is 2.68 bits per heavy atom. The number of hydrogen-bond donors (Lipinski definition) is 0. The third-order valence-corrected chi connectivity index (χ3v) is 5.37. The first-order valence-corrected chi connectivity index (χ1v) is 10.6. The fourth-order valence-electron chi connectivity index (χ4n) is 3.70. The van der Waals surface area contributed by atoms with Gasteiger partial charge in [0.1, 0.15) is 11.6 Å². The number of aryl methyl sites for hydroxylation is 1. The predicted molar refractivity (Wildman–Crippen MR) is 122 cm³/mol. The summed E-state index contributed by atoms with van der Waals surface area (Å²) in [5, 5.41) is 0. The second-order valence-corrected chi connectivity index (χ2v) is 7.96. The Hall–Kier alpha value is -2.97. The van der Waals surface area contributed by atoms with Crippen LogP contribution in [0.3, 0.4) is 0 Å². The summed E-state index contributed by atoms with van der Waals surface area (Å²) in [5.74, 6) is 2.45. The molecule has 1 aliphatic rings. The van der Waals surface area contributed by atoms with Gasteiger partial charge in [0, 0.05) is 55.4 Å². The minimum Gasteiger partial charge on any atom is -0.496 e. The van der Waals surface area contributed by atoms with Crippen LogP contribution in [0.15, 0.2) is 36.7 Å². The number of nitrogens with zero attached hydrogens (tertiary/aromatic N) is 6. The first kappa shape index (κ1) is 21.3. The number of anilines is 1.